The zero-order chi connectivity index (χ0) is 7.68. The summed E-state index contributed by atoms with van der Waals surface area (Å²) in [7, 11) is 0. The van der Waals surface area contributed by atoms with Crippen LogP contribution in [0.3, 0.4) is 0 Å². The number of hydrogen-bond acceptors (Lipinski definition) is 1. The van der Waals surface area contributed by atoms with E-state index in [-0.39, 0.29) is 0 Å². The minimum Gasteiger partial charge on any atom is -0.256 e. The highest BCUT2D eigenvalue weighted by molar-refractivity contribution is 5.78. The number of aromatic nitrogens is 1. The van der Waals surface area contributed by atoms with Crippen molar-refractivity contribution in [2.75, 3.05) is 0 Å². The Bertz CT molecular complexity index is 379. The third kappa shape index (κ3) is 1.09. The minimum atomic E-state index is 0.760. The van der Waals surface area contributed by atoms with Gasteiger partial charge in [-0.2, -0.15) is 0 Å². The van der Waals surface area contributed by atoms with Crippen LogP contribution in [0, 0.1) is 6.92 Å². The highest BCUT2D eigenvalue weighted by atomic mass is 14.6. The lowest BCUT2D eigenvalue weighted by Gasteiger charge is -1.95. The van der Waals surface area contributed by atoms with E-state index in [1.54, 1.807) is 6.20 Å². The fraction of sp³-hybridized carbons (Fsp3) is 0. The highest BCUT2D eigenvalue weighted by Gasteiger charge is 1.91. The van der Waals surface area contributed by atoms with E-state index in [1.165, 1.54) is 0 Å². The lowest BCUT2D eigenvalue weighted by molar-refractivity contribution is 1.41. The summed E-state index contributed by atoms with van der Waals surface area (Å²) < 4.78 is 0. The quantitative estimate of drug-likeness (QED) is 0.548. The number of rotatable bonds is 0. The van der Waals surface area contributed by atoms with E-state index in [4.69, 9.17) is 6.92 Å². The molecule has 0 N–H and O–H groups in total. The van der Waals surface area contributed by atoms with Crippen molar-refractivity contribution >= 4 is 10.9 Å². The molecule has 2 aromatic rings. The Morgan fingerprint density at radius 1 is 1.18 bits per heavy atom. The Morgan fingerprint density at radius 3 is 3.00 bits per heavy atom. The van der Waals surface area contributed by atoms with Gasteiger partial charge in [0.25, 0.3) is 0 Å². The van der Waals surface area contributed by atoms with Crippen molar-refractivity contribution in [2.45, 2.75) is 0 Å². The first-order valence-corrected chi connectivity index (χ1v) is 3.46. The smallest absolute Gasteiger partial charge is 0.0704 e. The second-order valence-corrected chi connectivity index (χ2v) is 2.46. The van der Waals surface area contributed by atoms with Crippen molar-refractivity contribution < 1.29 is 0 Å². The SMILES string of the molecule is [CH]c1ccc2cccnc2c1. The average Bonchev–Trinajstić information content (AvgIpc) is 2.04. The second-order valence-electron chi connectivity index (χ2n) is 2.46. The van der Waals surface area contributed by atoms with E-state index in [1.807, 2.05) is 30.3 Å². The monoisotopic (exact) mass is 141 g/mol. The third-order valence-electron chi connectivity index (χ3n) is 1.63. The maximum Gasteiger partial charge on any atom is 0.0704 e. The standard InChI is InChI=1S/C10H7N/c1-8-4-5-9-3-2-6-11-10(9)7-8/h1-7H. The van der Waals surface area contributed by atoms with Crippen LogP contribution in [-0.4, -0.2) is 4.98 Å². The Morgan fingerprint density at radius 2 is 2.09 bits per heavy atom. The molecule has 1 aromatic carbocycles. The molecule has 11 heavy (non-hydrogen) atoms. The molecule has 2 radical (unpaired) electrons. The molecule has 0 atom stereocenters. The van der Waals surface area contributed by atoms with E-state index in [0.717, 1.165) is 16.5 Å². The van der Waals surface area contributed by atoms with Gasteiger partial charge in [-0.15, -0.1) is 0 Å². The molecule has 0 aliphatic heterocycles. The van der Waals surface area contributed by atoms with Crippen LogP contribution in [0.25, 0.3) is 10.9 Å². The number of fused-ring (bicyclic) bond motifs is 1. The van der Waals surface area contributed by atoms with Crippen molar-refractivity contribution in [3.8, 4) is 0 Å². The molecule has 1 nitrogen and oxygen atoms in total. The van der Waals surface area contributed by atoms with Gasteiger partial charge in [0.15, 0.2) is 0 Å². The minimum absolute atomic E-state index is 0.760. The summed E-state index contributed by atoms with van der Waals surface area (Å²) in [6.45, 7) is 5.58. The van der Waals surface area contributed by atoms with E-state index in [2.05, 4.69) is 4.98 Å². The maximum absolute atomic E-state index is 5.58. The van der Waals surface area contributed by atoms with Crippen LogP contribution in [-0.2, 0) is 0 Å². The molecule has 0 fully saturated rings. The fourth-order valence-electron chi connectivity index (χ4n) is 1.08. The largest absolute Gasteiger partial charge is 0.256 e. The Balaban J connectivity index is 2.83. The van der Waals surface area contributed by atoms with Crippen LogP contribution in [0.1, 0.15) is 5.56 Å². The number of benzene rings is 1. The molecule has 1 heterocycles. The van der Waals surface area contributed by atoms with Crippen molar-refractivity contribution in [1.82, 2.24) is 4.98 Å². The molecule has 0 unspecified atom stereocenters. The Hall–Kier alpha value is -1.37. The van der Waals surface area contributed by atoms with Crippen LogP contribution in [0.2, 0.25) is 0 Å². The predicted octanol–water partition coefficient (Wildman–Crippen LogP) is 2.29. The van der Waals surface area contributed by atoms with Gasteiger partial charge >= 0.3 is 0 Å². The molecular weight excluding hydrogens is 134 g/mol. The summed E-state index contributed by atoms with van der Waals surface area (Å²) in [4.78, 5) is 4.16. The van der Waals surface area contributed by atoms with Crippen LogP contribution < -0.4 is 0 Å². The number of hydrogen-bond donors (Lipinski definition) is 0. The van der Waals surface area contributed by atoms with E-state index in [9.17, 15) is 0 Å². The third-order valence-corrected chi connectivity index (χ3v) is 1.63. The lowest BCUT2D eigenvalue weighted by atomic mass is 10.1. The molecule has 0 saturated heterocycles. The van der Waals surface area contributed by atoms with Crippen LogP contribution in [0.4, 0.5) is 0 Å². The van der Waals surface area contributed by atoms with Gasteiger partial charge < -0.3 is 0 Å². The molecule has 1 heteroatoms. The predicted molar refractivity (Wildman–Crippen MR) is 45.1 cm³/mol. The molecule has 1 aromatic heterocycles. The van der Waals surface area contributed by atoms with E-state index >= 15 is 0 Å². The van der Waals surface area contributed by atoms with Crippen molar-refractivity contribution in [3.05, 3.63) is 49.0 Å². The molecule has 0 spiro atoms. The lowest BCUT2D eigenvalue weighted by Crippen LogP contribution is -1.77. The van der Waals surface area contributed by atoms with E-state index < -0.39 is 0 Å². The van der Waals surface area contributed by atoms with Crippen molar-refractivity contribution in [3.63, 3.8) is 0 Å². The molecule has 0 aliphatic rings. The number of nitrogens with zero attached hydrogens (tertiary/aromatic N) is 1. The van der Waals surface area contributed by atoms with Gasteiger partial charge in [0.1, 0.15) is 0 Å². The second kappa shape index (κ2) is 2.35. The van der Waals surface area contributed by atoms with Crippen LogP contribution in [0.5, 0.6) is 0 Å². The van der Waals surface area contributed by atoms with Crippen LogP contribution >= 0.6 is 0 Å². The highest BCUT2D eigenvalue weighted by Crippen LogP contribution is 2.11. The first kappa shape index (κ1) is 6.35. The summed E-state index contributed by atoms with van der Waals surface area (Å²) in [6, 6.07) is 9.65. The molecule has 0 saturated carbocycles. The van der Waals surface area contributed by atoms with E-state index in [0.29, 0.717) is 0 Å². The molecule has 0 aliphatic carbocycles. The molecule has 0 amide bonds. The first-order chi connectivity index (χ1) is 5.36. The molecule has 52 valence electrons. The normalized spacial score (nSPS) is 10.3. The van der Waals surface area contributed by atoms with Gasteiger partial charge in [0, 0.05) is 11.6 Å². The Labute approximate surface area is 65.7 Å². The summed E-state index contributed by atoms with van der Waals surface area (Å²) >= 11 is 0. The average molecular weight is 141 g/mol. The summed E-state index contributed by atoms with van der Waals surface area (Å²) in [5, 5.41) is 1.13. The van der Waals surface area contributed by atoms with Crippen molar-refractivity contribution in [2.24, 2.45) is 0 Å². The Kier molecular flexibility index (Phi) is 1.35. The number of pyridine rings is 1. The van der Waals surface area contributed by atoms with Gasteiger partial charge in [-0.1, -0.05) is 18.2 Å². The van der Waals surface area contributed by atoms with Gasteiger partial charge in [0.2, 0.25) is 0 Å². The fourth-order valence-corrected chi connectivity index (χ4v) is 1.08. The zero-order valence-electron chi connectivity index (χ0n) is 5.99. The molecule has 2 rings (SSSR count). The zero-order valence-corrected chi connectivity index (χ0v) is 5.99. The topological polar surface area (TPSA) is 12.9 Å². The first-order valence-electron chi connectivity index (χ1n) is 3.46. The van der Waals surface area contributed by atoms with Gasteiger partial charge in [-0.25, -0.2) is 0 Å². The molecule has 0 bridgehead atoms. The summed E-state index contributed by atoms with van der Waals surface area (Å²) in [6.07, 6.45) is 1.77. The van der Waals surface area contributed by atoms with Gasteiger partial charge in [-0.3, -0.25) is 4.98 Å². The summed E-state index contributed by atoms with van der Waals surface area (Å²) in [5.74, 6) is 0. The molecular formula is C10H7N. The van der Waals surface area contributed by atoms with Crippen molar-refractivity contribution in [1.29, 1.82) is 0 Å². The van der Waals surface area contributed by atoms with Gasteiger partial charge in [-0.05, 0) is 24.6 Å². The summed E-state index contributed by atoms with van der Waals surface area (Å²) in [5.41, 5.74) is 1.71. The maximum atomic E-state index is 5.58. The van der Waals surface area contributed by atoms with Crippen LogP contribution in [0.15, 0.2) is 36.5 Å². The van der Waals surface area contributed by atoms with Gasteiger partial charge in [0.05, 0.1) is 5.52 Å².